The number of amides is 2. The third kappa shape index (κ3) is 5.01. The number of likely N-dealkylation sites (N-methyl/N-ethyl adjacent to an activating group) is 2. The third-order valence-electron chi connectivity index (χ3n) is 3.02. The molecule has 0 unspecified atom stereocenters. The van der Waals surface area contributed by atoms with Gasteiger partial charge in [-0.05, 0) is 25.8 Å². The molecule has 0 aliphatic heterocycles. The molecule has 0 aliphatic carbocycles. The summed E-state index contributed by atoms with van der Waals surface area (Å²) in [6.07, 6.45) is 0.478. The summed E-state index contributed by atoms with van der Waals surface area (Å²) < 4.78 is 0. The summed E-state index contributed by atoms with van der Waals surface area (Å²) in [4.78, 5) is 25.3. The van der Waals surface area contributed by atoms with Gasteiger partial charge in [-0.3, -0.25) is 9.59 Å². The van der Waals surface area contributed by atoms with E-state index < -0.39 is 6.04 Å². The quantitative estimate of drug-likeness (QED) is 0.764. The van der Waals surface area contributed by atoms with Crippen molar-refractivity contribution in [2.75, 3.05) is 19.6 Å². The average molecular weight is 277 g/mol. The lowest BCUT2D eigenvalue weighted by Crippen LogP contribution is -2.48. The summed E-state index contributed by atoms with van der Waals surface area (Å²) in [5.41, 5.74) is 6.97. The van der Waals surface area contributed by atoms with Gasteiger partial charge in [0.2, 0.25) is 11.8 Å². The van der Waals surface area contributed by atoms with E-state index in [1.165, 1.54) is 4.90 Å². The van der Waals surface area contributed by atoms with Gasteiger partial charge in [-0.2, -0.15) is 0 Å². The summed E-state index contributed by atoms with van der Waals surface area (Å²) in [6.45, 7) is 4.77. The minimum Gasteiger partial charge on any atom is -0.355 e. The highest BCUT2D eigenvalue weighted by atomic mass is 16.2. The fourth-order valence-electron chi connectivity index (χ4n) is 1.96. The highest BCUT2D eigenvalue weighted by Gasteiger charge is 2.21. The Bertz CT molecular complexity index is 434. The number of carbonyl (C=O) groups excluding carboxylic acids is 2. The normalized spacial score (nSPS) is 11.8. The summed E-state index contributed by atoms with van der Waals surface area (Å²) in [6, 6.07) is 9.01. The average Bonchev–Trinajstić information content (AvgIpc) is 2.45. The van der Waals surface area contributed by atoms with E-state index >= 15 is 0 Å². The predicted octanol–water partition coefficient (Wildman–Crippen LogP) is 0.541. The lowest BCUT2D eigenvalue weighted by Gasteiger charge is -2.23. The Hall–Kier alpha value is -1.88. The van der Waals surface area contributed by atoms with E-state index in [4.69, 9.17) is 5.73 Å². The Morgan fingerprint density at radius 2 is 1.90 bits per heavy atom. The summed E-state index contributed by atoms with van der Waals surface area (Å²) in [5, 5.41) is 2.68. The number of rotatable bonds is 7. The lowest BCUT2D eigenvalue weighted by molar-refractivity contribution is -0.136. The molecule has 1 aromatic rings. The molecule has 0 radical (unpaired) electrons. The maximum Gasteiger partial charge on any atom is 0.240 e. The number of nitrogens with two attached hydrogens (primary N) is 1. The van der Waals surface area contributed by atoms with Gasteiger partial charge in [0.25, 0.3) is 0 Å². The fourth-order valence-corrected chi connectivity index (χ4v) is 1.96. The molecule has 0 saturated carbocycles. The highest BCUT2D eigenvalue weighted by molar-refractivity contribution is 5.87. The van der Waals surface area contributed by atoms with Crippen LogP contribution in [0.2, 0.25) is 0 Å². The summed E-state index contributed by atoms with van der Waals surface area (Å²) >= 11 is 0. The predicted molar refractivity (Wildman–Crippen MR) is 79.1 cm³/mol. The van der Waals surface area contributed by atoms with E-state index in [1.54, 1.807) is 0 Å². The Morgan fingerprint density at radius 1 is 1.25 bits per heavy atom. The third-order valence-corrected chi connectivity index (χ3v) is 3.02. The topological polar surface area (TPSA) is 75.4 Å². The van der Waals surface area contributed by atoms with Crippen molar-refractivity contribution in [3.63, 3.8) is 0 Å². The van der Waals surface area contributed by atoms with Crippen LogP contribution in [-0.2, 0) is 16.0 Å². The van der Waals surface area contributed by atoms with Crippen molar-refractivity contribution in [2.24, 2.45) is 5.73 Å². The van der Waals surface area contributed by atoms with Crippen LogP contribution in [0.1, 0.15) is 19.4 Å². The van der Waals surface area contributed by atoms with Gasteiger partial charge in [0, 0.05) is 13.1 Å². The molecule has 0 heterocycles. The maximum absolute atomic E-state index is 12.2. The molecule has 5 heteroatoms. The van der Waals surface area contributed by atoms with Crippen LogP contribution in [0.5, 0.6) is 0 Å². The van der Waals surface area contributed by atoms with E-state index in [2.05, 4.69) is 5.32 Å². The Balaban J connectivity index is 2.59. The van der Waals surface area contributed by atoms with Gasteiger partial charge in [0.1, 0.15) is 0 Å². The first-order valence-electron chi connectivity index (χ1n) is 6.93. The highest BCUT2D eigenvalue weighted by Crippen LogP contribution is 2.04. The van der Waals surface area contributed by atoms with Gasteiger partial charge in [-0.1, -0.05) is 30.3 Å². The zero-order valence-electron chi connectivity index (χ0n) is 12.1. The van der Waals surface area contributed by atoms with Gasteiger partial charge in [-0.25, -0.2) is 0 Å². The number of benzene rings is 1. The molecule has 110 valence electrons. The molecule has 0 saturated heterocycles. The van der Waals surface area contributed by atoms with Crippen LogP contribution in [0, 0.1) is 0 Å². The molecule has 0 bridgehead atoms. The van der Waals surface area contributed by atoms with E-state index in [1.807, 2.05) is 44.2 Å². The van der Waals surface area contributed by atoms with Crippen molar-refractivity contribution in [1.29, 1.82) is 0 Å². The zero-order chi connectivity index (χ0) is 15.0. The van der Waals surface area contributed by atoms with Crippen molar-refractivity contribution in [3.05, 3.63) is 35.9 Å². The molecule has 0 aromatic heterocycles. The molecule has 20 heavy (non-hydrogen) atoms. The number of nitrogens with one attached hydrogen (secondary N) is 1. The number of hydrogen-bond donors (Lipinski definition) is 2. The van der Waals surface area contributed by atoms with Crippen LogP contribution in [0.25, 0.3) is 0 Å². The first-order valence-corrected chi connectivity index (χ1v) is 6.93. The SMILES string of the molecule is CCNC(=O)CN(CC)C(=O)[C@H](N)Cc1ccccc1. The van der Waals surface area contributed by atoms with Crippen LogP contribution < -0.4 is 11.1 Å². The molecule has 1 aromatic carbocycles. The van der Waals surface area contributed by atoms with Crippen molar-refractivity contribution < 1.29 is 9.59 Å². The Labute approximate surface area is 120 Å². The molecule has 5 nitrogen and oxygen atoms in total. The molecule has 0 aliphatic rings. The molecule has 1 rings (SSSR count). The smallest absolute Gasteiger partial charge is 0.240 e. The minimum atomic E-state index is -0.619. The van der Waals surface area contributed by atoms with E-state index in [0.29, 0.717) is 19.5 Å². The fraction of sp³-hybridized carbons (Fsp3) is 0.467. The number of carbonyl (C=O) groups is 2. The lowest BCUT2D eigenvalue weighted by atomic mass is 10.1. The molecule has 2 amide bonds. The van der Waals surface area contributed by atoms with Gasteiger partial charge >= 0.3 is 0 Å². The van der Waals surface area contributed by atoms with Crippen LogP contribution in [0.15, 0.2) is 30.3 Å². The number of hydrogen-bond acceptors (Lipinski definition) is 3. The zero-order valence-corrected chi connectivity index (χ0v) is 12.1. The molecular weight excluding hydrogens is 254 g/mol. The summed E-state index contributed by atoms with van der Waals surface area (Å²) in [5.74, 6) is -0.350. The van der Waals surface area contributed by atoms with Crippen molar-refractivity contribution in [3.8, 4) is 0 Å². The first-order chi connectivity index (χ1) is 9.58. The molecule has 0 spiro atoms. The molecular formula is C15H23N3O2. The van der Waals surface area contributed by atoms with Gasteiger partial charge in [0.15, 0.2) is 0 Å². The summed E-state index contributed by atoms with van der Waals surface area (Å²) in [7, 11) is 0. The van der Waals surface area contributed by atoms with Gasteiger partial charge in [-0.15, -0.1) is 0 Å². The van der Waals surface area contributed by atoms with Crippen LogP contribution in [0.4, 0.5) is 0 Å². The van der Waals surface area contributed by atoms with Crippen LogP contribution >= 0.6 is 0 Å². The largest absolute Gasteiger partial charge is 0.355 e. The van der Waals surface area contributed by atoms with Gasteiger partial charge in [0.05, 0.1) is 12.6 Å². The van der Waals surface area contributed by atoms with Crippen LogP contribution in [-0.4, -0.2) is 42.4 Å². The van der Waals surface area contributed by atoms with E-state index in [0.717, 1.165) is 5.56 Å². The second kappa shape index (κ2) is 8.32. The minimum absolute atomic E-state index is 0.0612. The van der Waals surface area contributed by atoms with Crippen molar-refractivity contribution >= 4 is 11.8 Å². The number of nitrogens with zero attached hydrogens (tertiary/aromatic N) is 1. The monoisotopic (exact) mass is 277 g/mol. The van der Waals surface area contributed by atoms with Crippen molar-refractivity contribution in [2.45, 2.75) is 26.3 Å². The Morgan fingerprint density at radius 3 is 2.45 bits per heavy atom. The van der Waals surface area contributed by atoms with Crippen LogP contribution in [0.3, 0.4) is 0 Å². The van der Waals surface area contributed by atoms with Gasteiger partial charge < -0.3 is 16.0 Å². The second-order valence-electron chi connectivity index (χ2n) is 4.60. The first kappa shape index (κ1) is 16.2. The molecule has 0 fully saturated rings. The molecule has 1 atom stereocenters. The van der Waals surface area contributed by atoms with E-state index in [9.17, 15) is 9.59 Å². The molecule has 3 N–H and O–H groups in total. The van der Waals surface area contributed by atoms with E-state index in [-0.39, 0.29) is 18.4 Å². The maximum atomic E-state index is 12.2. The standard InChI is InChI=1S/C15H23N3O2/c1-3-17-14(19)11-18(4-2)15(20)13(16)10-12-8-6-5-7-9-12/h5-9,13H,3-4,10-11,16H2,1-2H3,(H,17,19)/t13-/m1/s1. The van der Waals surface area contributed by atoms with Crippen molar-refractivity contribution in [1.82, 2.24) is 10.2 Å². The Kier molecular flexibility index (Phi) is 6.73. The second-order valence-corrected chi connectivity index (χ2v) is 4.60.